The van der Waals surface area contributed by atoms with Crippen LogP contribution in [0.3, 0.4) is 0 Å². The topological polar surface area (TPSA) is 35.5 Å². The first-order valence-corrected chi connectivity index (χ1v) is 6.49. The van der Waals surface area contributed by atoms with Crippen LogP contribution in [0, 0.1) is 5.92 Å². The lowest BCUT2D eigenvalue weighted by atomic mass is 9.97. The molecule has 1 aliphatic heterocycles. The molecular formula is C12H23F3N2O. The minimum atomic E-state index is -4.11. The van der Waals surface area contributed by atoms with Crippen molar-refractivity contribution in [2.45, 2.75) is 45.0 Å². The lowest BCUT2D eigenvalue weighted by Gasteiger charge is -2.34. The molecule has 1 aliphatic rings. The molecule has 0 radical (unpaired) electrons. The maximum absolute atomic E-state index is 12.6. The van der Waals surface area contributed by atoms with Crippen LogP contribution in [0.2, 0.25) is 0 Å². The molecule has 6 heteroatoms. The Morgan fingerprint density at radius 2 is 2.06 bits per heavy atom. The summed E-state index contributed by atoms with van der Waals surface area (Å²) in [7, 11) is 0. The highest BCUT2D eigenvalue weighted by Crippen LogP contribution is 2.32. The summed E-state index contributed by atoms with van der Waals surface area (Å²) in [4.78, 5) is 1.72. The molecule has 0 aromatic heterocycles. The largest absolute Gasteiger partial charge is 0.393 e. The molecule has 0 amide bonds. The van der Waals surface area contributed by atoms with Crippen LogP contribution < -0.4 is 5.32 Å². The van der Waals surface area contributed by atoms with E-state index >= 15 is 0 Å². The number of nitrogens with one attached hydrogen (secondary N) is 1. The first kappa shape index (κ1) is 15.7. The highest BCUT2D eigenvalue weighted by atomic mass is 19.4. The Bertz CT molecular complexity index is 246. The van der Waals surface area contributed by atoms with Gasteiger partial charge in [0.2, 0.25) is 0 Å². The average molecular weight is 268 g/mol. The molecule has 1 fully saturated rings. The molecule has 1 rings (SSSR count). The maximum atomic E-state index is 12.6. The molecule has 108 valence electrons. The van der Waals surface area contributed by atoms with Gasteiger partial charge in [-0.3, -0.25) is 0 Å². The molecule has 2 N–H and O–H groups in total. The molecule has 0 spiro atoms. The third-order valence-electron chi connectivity index (χ3n) is 3.20. The Kier molecular flexibility index (Phi) is 5.88. The Hall–Kier alpha value is -0.330. The first-order chi connectivity index (χ1) is 8.29. The van der Waals surface area contributed by atoms with Gasteiger partial charge in [-0.05, 0) is 19.4 Å². The van der Waals surface area contributed by atoms with Crippen LogP contribution in [0.4, 0.5) is 13.2 Å². The van der Waals surface area contributed by atoms with E-state index in [4.69, 9.17) is 0 Å². The van der Waals surface area contributed by atoms with Gasteiger partial charge < -0.3 is 15.3 Å². The molecule has 1 heterocycles. The summed E-state index contributed by atoms with van der Waals surface area (Å²) in [5.74, 6) is -1.24. The fourth-order valence-corrected chi connectivity index (χ4v) is 2.22. The van der Waals surface area contributed by atoms with Crippen LogP contribution in [0.1, 0.15) is 26.7 Å². The minimum absolute atomic E-state index is 0.0161. The number of β-amino-alcohol motifs (C(OH)–C–C–N with tert-alkyl or cyclic N) is 1. The quantitative estimate of drug-likeness (QED) is 0.795. The summed E-state index contributed by atoms with van der Waals surface area (Å²) in [6.45, 7) is 5.32. The van der Waals surface area contributed by atoms with Gasteiger partial charge in [-0.15, -0.1) is 0 Å². The number of nitrogens with zero attached hydrogens (tertiary/aromatic N) is 1. The Labute approximate surface area is 106 Å². The van der Waals surface area contributed by atoms with Crippen molar-refractivity contribution in [2.75, 3.05) is 26.2 Å². The van der Waals surface area contributed by atoms with Crippen LogP contribution in [0.15, 0.2) is 0 Å². The fourth-order valence-electron chi connectivity index (χ4n) is 2.22. The van der Waals surface area contributed by atoms with Crippen LogP contribution >= 0.6 is 0 Å². The lowest BCUT2D eigenvalue weighted by molar-refractivity contribution is -0.187. The van der Waals surface area contributed by atoms with Crippen molar-refractivity contribution in [1.29, 1.82) is 0 Å². The summed E-state index contributed by atoms with van der Waals surface area (Å²) in [5, 5.41) is 12.8. The van der Waals surface area contributed by atoms with Crippen molar-refractivity contribution in [3.05, 3.63) is 0 Å². The summed E-state index contributed by atoms with van der Waals surface area (Å²) >= 11 is 0. The van der Waals surface area contributed by atoms with Crippen LogP contribution in [-0.4, -0.2) is 54.5 Å². The monoisotopic (exact) mass is 268 g/mol. The second kappa shape index (κ2) is 6.73. The van der Waals surface area contributed by atoms with Gasteiger partial charge >= 0.3 is 6.18 Å². The summed E-state index contributed by atoms with van der Waals surface area (Å²) in [5.41, 5.74) is 0. The van der Waals surface area contributed by atoms with Crippen molar-refractivity contribution >= 4 is 0 Å². The van der Waals surface area contributed by atoms with Gasteiger partial charge in [-0.2, -0.15) is 13.2 Å². The predicted octanol–water partition coefficient (Wildman–Crippen LogP) is 1.62. The molecule has 3 nitrogen and oxygen atoms in total. The fraction of sp³-hybridized carbons (Fsp3) is 1.00. The molecule has 0 aliphatic carbocycles. The Morgan fingerprint density at radius 1 is 1.39 bits per heavy atom. The number of halogens is 3. The number of rotatable bonds is 5. The predicted molar refractivity (Wildman–Crippen MR) is 64.4 cm³/mol. The first-order valence-electron chi connectivity index (χ1n) is 6.49. The van der Waals surface area contributed by atoms with Crippen LogP contribution in [0.25, 0.3) is 0 Å². The number of alkyl halides is 3. The normalized spacial score (nSPS) is 24.5. The van der Waals surface area contributed by atoms with Crippen molar-refractivity contribution < 1.29 is 18.3 Å². The zero-order chi connectivity index (χ0) is 13.8. The van der Waals surface area contributed by atoms with Crippen LogP contribution in [0.5, 0.6) is 0 Å². The third-order valence-corrected chi connectivity index (χ3v) is 3.20. The van der Waals surface area contributed by atoms with Crippen molar-refractivity contribution in [3.63, 3.8) is 0 Å². The molecule has 0 aromatic rings. The third kappa shape index (κ3) is 5.54. The van der Waals surface area contributed by atoms with Gasteiger partial charge in [-0.1, -0.05) is 13.8 Å². The van der Waals surface area contributed by atoms with E-state index in [0.29, 0.717) is 26.1 Å². The van der Waals surface area contributed by atoms with E-state index in [0.717, 1.165) is 0 Å². The number of hydrogen-bond donors (Lipinski definition) is 2. The molecule has 0 saturated carbocycles. The van der Waals surface area contributed by atoms with Gasteiger partial charge in [0, 0.05) is 25.7 Å². The van der Waals surface area contributed by atoms with Gasteiger partial charge in [0.1, 0.15) is 0 Å². The standard InChI is InChI=1S/C12H23F3N2O/c1-9(2)16-6-11(18)8-17-5-3-4-10(7-17)12(13,14)15/h9-11,16,18H,3-8H2,1-2H3. The molecule has 1 saturated heterocycles. The second-order valence-electron chi connectivity index (χ2n) is 5.36. The molecule has 18 heavy (non-hydrogen) atoms. The zero-order valence-corrected chi connectivity index (χ0v) is 11.0. The summed E-state index contributed by atoms with van der Waals surface area (Å²) in [6, 6.07) is 0.268. The van der Waals surface area contributed by atoms with E-state index in [-0.39, 0.29) is 19.0 Å². The minimum Gasteiger partial charge on any atom is -0.390 e. The molecule has 2 unspecified atom stereocenters. The van der Waals surface area contributed by atoms with Gasteiger partial charge in [0.25, 0.3) is 0 Å². The number of likely N-dealkylation sites (tertiary alicyclic amines) is 1. The number of piperidine rings is 1. The SMILES string of the molecule is CC(C)NCC(O)CN1CCCC(C(F)(F)F)C1. The molecule has 0 bridgehead atoms. The van der Waals surface area contributed by atoms with E-state index in [1.54, 1.807) is 4.90 Å². The van der Waals surface area contributed by atoms with Crippen LogP contribution in [-0.2, 0) is 0 Å². The van der Waals surface area contributed by atoms with E-state index in [9.17, 15) is 18.3 Å². The van der Waals surface area contributed by atoms with Gasteiger partial charge in [0.05, 0.1) is 12.0 Å². The number of aliphatic hydroxyl groups is 1. The molecule has 0 aromatic carbocycles. The van der Waals surface area contributed by atoms with E-state index in [1.807, 2.05) is 13.8 Å². The van der Waals surface area contributed by atoms with E-state index in [2.05, 4.69) is 5.32 Å². The maximum Gasteiger partial charge on any atom is 0.393 e. The zero-order valence-electron chi connectivity index (χ0n) is 11.0. The lowest BCUT2D eigenvalue weighted by Crippen LogP contribution is -2.46. The van der Waals surface area contributed by atoms with Gasteiger partial charge in [-0.25, -0.2) is 0 Å². The molecular weight excluding hydrogens is 245 g/mol. The second-order valence-corrected chi connectivity index (χ2v) is 5.36. The van der Waals surface area contributed by atoms with Gasteiger partial charge in [0.15, 0.2) is 0 Å². The highest BCUT2D eigenvalue weighted by Gasteiger charge is 2.41. The summed E-state index contributed by atoms with van der Waals surface area (Å²) < 4.78 is 37.8. The van der Waals surface area contributed by atoms with Crippen molar-refractivity contribution in [3.8, 4) is 0 Å². The van der Waals surface area contributed by atoms with E-state index < -0.39 is 18.2 Å². The Morgan fingerprint density at radius 3 is 2.61 bits per heavy atom. The van der Waals surface area contributed by atoms with Crippen molar-refractivity contribution in [1.82, 2.24) is 10.2 Å². The smallest absolute Gasteiger partial charge is 0.390 e. The van der Waals surface area contributed by atoms with Crippen molar-refractivity contribution in [2.24, 2.45) is 5.92 Å². The average Bonchev–Trinajstić information content (AvgIpc) is 2.25. The molecule has 2 atom stereocenters. The summed E-state index contributed by atoms with van der Waals surface area (Å²) in [6.07, 6.45) is -3.96. The van der Waals surface area contributed by atoms with E-state index in [1.165, 1.54) is 0 Å². The number of hydrogen-bond acceptors (Lipinski definition) is 3. The number of aliphatic hydroxyl groups excluding tert-OH is 1. The Balaban J connectivity index is 2.33. The highest BCUT2D eigenvalue weighted by molar-refractivity contribution is 4.79.